The van der Waals surface area contributed by atoms with Crippen molar-refractivity contribution in [1.82, 2.24) is 5.32 Å². The van der Waals surface area contributed by atoms with E-state index in [2.05, 4.69) is 30.4 Å². The highest BCUT2D eigenvalue weighted by molar-refractivity contribution is 5.83. The Labute approximate surface area is 117 Å². The van der Waals surface area contributed by atoms with Crippen molar-refractivity contribution in [3.8, 4) is 11.3 Å². The highest BCUT2D eigenvalue weighted by atomic mass is 19.1. The molecular weight excluding hydrogens is 253 g/mol. The highest BCUT2D eigenvalue weighted by Gasteiger charge is 2.09. The van der Waals surface area contributed by atoms with Gasteiger partial charge in [0.15, 0.2) is 0 Å². The number of nitrogens with one attached hydrogen (secondary N) is 1. The lowest BCUT2D eigenvalue weighted by Crippen LogP contribution is -2.05. The van der Waals surface area contributed by atoms with E-state index >= 15 is 0 Å². The van der Waals surface area contributed by atoms with Crippen molar-refractivity contribution in [3.63, 3.8) is 0 Å². The molecule has 3 heteroatoms. The molecule has 0 atom stereocenters. The minimum atomic E-state index is -0.244. The van der Waals surface area contributed by atoms with Crippen LogP contribution in [0.2, 0.25) is 0 Å². The van der Waals surface area contributed by atoms with Gasteiger partial charge in [-0.1, -0.05) is 18.2 Å². The Morgan fingerprint density at radius 2 is 1.95 bits per heavy atom. The van der Waals surface area contributed by atoms with Crippen molar-refractivity contribution >= 4 is 11.0 Å². The summed E-state index contributed by atoms with van der Waals surface area (Å²) in [6.45, 7) is 2.90. The smallest absolute Gasteiger partial charge is 0.135 e. The highest BCUT2D eigenvalue weighted by Crippen LogP contribution is 2.30. The number of aryl methyl sites for hydroxylation is 1. The average molecular weight is 269 g/mol. The molecule has 0 aliphatic rings. The van der Waals surface area contributed by atoms with Crippen LogP contribution >= 0.6 is 0 Å². The van der Waals surface area contributed by atoms with Crippen LogP contribution in [0, 0.1) is 12.7 Å². The molecule has 0 aliphatic carbocycles. The summed E-state index contributed by atoms with van der Waals surface area (Å²) in [6.07, 6.45) is 0. The van der Waals surface area contributed by atoms with Gasteiger partial charge in [-0.25, -0.2) is 4.39 Å². The second-order valence-electron chi connectivity index (χ2n) is 4.97. The monoisotopic (exact) mass is 269 g/mol. The normalized spacial score (nSPS) is 11.2. The van der Waals surface area contributed by atoms with E-state index in [1.54, 1.807) is 6.07 Å². The first kappa shape index (κ1) is 12.9. The number of furan rings is 1. The molecule has 1 heterocycles. The van der Waals surface area contributed by atoms with Gasteiger partial charge in [0.25, 0.3) is 0 Å². The number of halogens is 1. The van der Waals surface area contributed by atoms with Gasteiger partial charge < -0.3 is 9.73 Å². The molecule has 0 bridgehead atoms. The molecule has 0 radical (unpaired) electrons. The van der Waals surface area contributed by atoms with E-state index in [1.807, 2.05) is 13.1 Å². The van der Waals surface area contributed by atoms with Crippen molar-refractivity contribution in [2.75, 3.05) is 7.05 Å². The zero-order valence-electron chi connectivity index (χ0n) is 11.5. The van der Waals surface area contributed by atoms with E-state index in [-0.39, 0.29) is 5.82 Å². The van der Waals surface area contributed by atoms with Crippen molar-refractivity contribution in [1.29, 1.82) is 0 Å². The second kappa shape index (κ2) is 5.10. The molecule has 2 aromatic carbocycles. The Hall–Kier alpha value is -2.13. The quantitative estimate of drug-likeness (QED) is 0.768. The largest absolute Gasteiger partial charge is 0.456 e. The fourth-order valence-corrected chi connectivity index (χ4v) is 2.46. The third-order valence-electron chi connectivity index (χ3n) is 3.42. The third kappa shape index (κ3) is 2.32. The van der Waals surface area contributed by atoms with E-state index in [4.69, 9.17) is 4.42 Å². The summed E-state index contributed by atoms with van der Waals surface area (Å²) in [5, 5.41) is 3.92. The fraction of sp³-hybridized carbons (Fsp3) is 0.176. The molecule has 0 amide bonds. The molecule has 3 rings (SSSR count). The van der Waals surface area contributed by atoms with E-state index in [0.29, 0.717) is 5.58 Å². The number of fused-ring (bicyclic) bond motifs is 1. The zero-order chi connectivity index (χ0) is 14.1. The molecule has 102 valence electrons. The first-order valence-corrected chi connectivity index (χ1v) is 6.61. The second-order valence-corrected chi connectivity index (χ2v) is 4.97. The van der Waals surface area contributed by atoms with Gasteiger partial charge in [-0.3, -0.25) is 0 Å². The maximum atomic E-state index is 13.2. The third-order valence-corrected chi connectivity index (χ3v) is 3.42. The number of benzene rings is 2. The predicted octanol–water partition coefficient (Wildman–Crippen LogP) is 4.27. The standard InChI is InChI=1S/C17H16FNO/c1-11-7-12(10-19-2)3-5-15(11)17-9-13-8-14(18)4-6-16(13)20-17/h3-9,19H,10H2,1-2H3. The fourth-order valence-electron chi connectivity index (χ4n) is 2.46. The van der Waals surface area contributed by atoms with Crippen LogP contribution in [0.4, 0.5) is 4.39 Å². The molecular formula is C17H16FNO. The molecule has 20 heavy (non-hydrogen) atoms. The van der Waals surface area contributed by atoms with Crippen LogP contribution in [-0.4, -0.2) is 7.05 Å². The molecule has 2 nitrogen and oxygen atoms in total. The van der Waals surface area contributed by atoms with Gasteiger partial charge in [0.05, 0.1) is 0 Å². The molecule has 1 N–H and O–H groups in total. The average Bonchev–Trinajstić information content (AvgIpc) is 2.81. The Balaban J connectivity index is 2.06. The zero-order valence-corrected chi connectivity index (χ0v) is 11.5. The number of hydrogen-bond donors (Lipinski definition) is 1. The summed E-state index contributed by atoms with van der Waals surface area (Å²) >= 11 is 0. The van der Waals surface area contributed by atoms with Crippen molar-refractivity contribution in [2.24, 2.45) is 0 Å². The van der Waals surface area contributed by atoms with Gasteiger partial charge in [-0.2, -0.15) is 0 Å². The van der Waals surface area contributed by atoms with Crippen LogP contribution in [0.25, 0.3) is 22.3 Å². The lowest BCUT2D eigenvalue weighted by Gasteiger charge is -2.06. The van der Waals surface area contributed by atoms with Crippen molar-refractivity contribution in [2.45, 2.75) is 13.5 Å². The molecule has 0 saturated carbocycles. The predicted molar refractivity (Wildman–Crippen MR) is 79.1 cm³/mol. The van der Waals surface area contributed by atoms with Gasteiger partial charge in [0.2, 0.25) is 0 Å². The first-order chi connectivity index (χ1) is 9.67. The van der Waals surface area contributed by atoms with Crippen LogP contribution in [-0.2, 0) is 6.54 Å². The van der Waals surface area contributed by atoms with Crippen molar-refractivity contribution < 1.29 is 8.81 Å². The summed E-state index contributed by atoms with van der Waals surface area (Å²) in [6, 6.07) is 12.7. The Kier molecular flexibility index (Phi) is 3.28. The lowest BCUT2D eigenvalue weighted by atomic mass is 10.0. The minimum absolute atomic E-state index is 0.244. The van der Waals surface area contributed by atoms with Crippen LogP contribution in [0.3, 0.4) is 0 Å². The summed E-state index contributed by atoms with van der Waals surface area (Å²) in [5.74, 6) is 0.532. The van der Waals surface area contributed by atoms with E-state index in [9.17, 15) is 4.39 Å². The van der Waals surface area contributed by atoms with Crippen LogP contribution in [0.15, 0.2) is 46.9 Å². The molecule has 0 unspecified atom stereocenters. The summed E-state index contributed by atoms with van der Waals surface area (Å²) < 4.78 is 19.0. The minimum Gasteiger partial charge on any atom is -0.456 e. The number of rotatable bonds is 3. The topological polar surface area (TPSA) is 25.2 Å². The maximum Gasteiger partial charge on any atom is 0.135 e. The van der Waals surface area contributed by atoms with Gasteiger partial charge >= 0.3 is 0 Å². The Bertz CT molecular complexity index is 761. The lowest BCUT2D eigenvalue weighted by molar-refractivity contribution is 0.619. The summed E-state index contributed by atoms with van der Waals surface area (Å²) in [5.41, 5.74) is 4.13. The Morgan fingerprint density at radius 1 is 1.10 bits per heavy atom. The van der Waals surface area contributed by atoms with Gasteiger partial charge in [0.1, 0.15) is 17.2 Å². The molecule has 0 fully saturated rings. The SMILES string of the molecule is CNCc1ccc(-c2cc3cc(F)ccc3o2)c(C)c1. The maximum absolute atomic E-state index is 13.2. The molecule has 1 aromatic heterocycles. The number of hydrogen-bond acceptors (Lipinski definition) is 2. The van der Waals surface area contributed by atoms with Gasteiger partial charge in [-0.05, 0) is 49.4 Å². The Morgan fingerprint density at radius 3 is 2.70 bits per heavy atom. The van der Waals surface area contributed by atoms with Gasteiger partial charge in [-0.15, -0.1) is 0 Å². The molecule has 0 aliphatic heterocycles. The molecule has 0 saturated heterocycles. The first-order valence-electron chi connectivity index (χ1n) is 6.61. The van der Waals surface area contributed by atoms with Crippen LogP contribution in [0.1, 0.15) is 11.1 Å². The molecule has 3 aromatic rings. The van der Waals surface area contributed by atoms with Crippen LogP contribution in [0.5, 0.6) is 0 Å². The van der Waals surface area contributed by atoms with Gasteiger partial charge in [0, 0.05) is 17.5 Å². The van der Waals surface area contributed by atoms with Crippen molar-refractivity contribution in [3.05, 3.63) is 59.4 Å². The summed E-state index contributed by atoms with van der Waals surface area (Å²) in [4.78, 5) is 0. The summed E-state index contributed by atoms with van der Waals surface area (Å²) in [7, 11) is 1.93. The van der Waals surface area contributed by atoms with E-state index < -0.39 is 0 Å². The van der Waals surface area contributed by atoms with Crippen LogP contribution < -0.4 is 5.32 Å². The van der Waals surface area contributed by atoms with E-state index in [1.165, 1.54) is 17.7 Å². The molecule has 0 spiro atoms. The van der Waals surface area contributed by atoms with E-state index in [0.717, 1.165) is 28.8 Å².